The van der Waals surface area contributed by atoms with Crippen molar-refractivity contribution < 1.29 is 48.1 Å². The van der Waals surface area contributed by atoms with E-state index in [1.807, 2.05) is 51.3 Å². The molecule has 392 valence electrons. The van der Waals surface area contributed by atoms with Crippen LogP contribution in [0.5, 0.6) is 0 Å². The number of aromatic amines is 1. The average molecular weight is 995 g/mol. The molecule has 71 heavy (non-hydrogen) atoms. The number of nitrogen functional groups attached to an aromatic ring is 1. The molecule has 0 bridgehead atoms. The first-order valence-electron chi connectivity index (χ1n) is 23.9. The zero-order valence-corrected chi connectivity index (χ0v) is 42.6. The number of esters is 2. The van der Waals surface area contributed by atoms with E-state index >= 15 is 0 Å². The molecule has 3 aromatic rings. The number of carbonyl (C=O) groups excluding carboxylic acids is 5. The van der Waals surface area contributed by atoms with Crippen LogP contribution in [0.3, 0.4) is 0 Å². The lowest BCUT2D eigenvalue weighted by Crippen LogP contribution is -2.49. The Bertz CT molecular complexity index is 2340. The fourth-order valence-electron chi connectivity index (χ4n) is 7.32. The summed E-state index contributed by atoms with van der Waals surface area (Å²) >= 11 is 0. The molecule has 2 aromatic heterocycles. The fraction of sp³-hybridized carbons (Fsp3) is 0.625. The van der Waals surface area contributed by atoms with Crippen LogP contribution in [0.25, 0.3) is 11.2 Å². The summed E-state index contributed by atoms with van der Waals surface area (Å²) in [6.45, 7) is 21.6. The number of anilines is 2. The third-order valence-electron chi connectivity index (χ3n) is 10.8. The van der Waals surface area contributed by atoms with Gasteiger partial charge in [0.1, 0.15) is 23.3 Å². The smallest absolute Gasteiger partial charge is 0.326 e. The van der Waals surface area contributed by atoms with Gasteiger partial charge in [0.25, 0.3) is 11.5 Å². The van der Waals surface area contributed by atoms with Crippen LogP contribution >= 0.6 is 0 Å². The molecule has 1 saturated heterocycles. The number of hydrogen-bond acceptors (Lipinski definition) is 18. The number of fused-ring (bicyclic) bond motifs is 1. The number of rotatable bonds is 22. The van der Waals surface area contributed by atoms with E-state index in [1.165, 1.54) is 18.3 Å². The monoisotopic (exact) mass is 995 g/mol. The van der Waals surface area contributed by atoms with Gasteiger partial charge in [0, 0.05) is 83.0 Å². The van der Waals surface area contributed by atoms with Crippen molar-refractivity contribution in [3.63, 3.8) is 0 Å². The second kappa shape index (κ2) is 26.2. The number of carboxylic acid groups (broad SMARTS) is 1. The fourth-order valence-corrected chi connectivity index (χ4v) is 7.32. The number of carboxylic acids is 1. The predicted octanol–water partition coefficient (Wildman–Crippen LogP) is 1.67. The zero-order chi connectivity index (χ0) is 52.5. The van der Waals surface area contributed by atoms with Crippen molar-refractivity contribution in [2.45, 2.75) is 123 Å². The topological polar surface area (TPSA) is 306 Å². The van der Waals surface area contributed by atoms with Crippen LogP contribution in [-0.4, -0.2) is 176 Å². The Kier molecular flexibility index (Phi) is 21.2. The number of carbonyl (C=O) groups is 6. The highest BCUT2D eigenvalue weighted by Crippen LogP contribution is 2.18. The molecule has 3 amide bonds. The van der Waals surface area contributed by atoms with Gasteiger partial charge in [0.15, 0.2) is 11.2 Å². The molecule has 23 nitrogen and oxygen atoms in total. The van der Waals surface area contributed by atoms with Gasteiger partial charge in [-0.2, -0.15) is 4.98 Å². The Morgan fingerprint density at radius 1 is 0.789 bits per heavy atom. The standard InChI is InChI=1S/C48H74N12O11/c1-46(2,3)69-27-26-58-20-21-59(30-38(63)70-47(4,5)6)23-25-60(24-22-58)35(44(68)71-48(7,8)9)15-17-37(62)51-19-18-50-36(61)16-14-34(43(66)67)55-41(64)31-10-12-32(13-11-31)52-28-33-29-53-40-39(54-33)42(65)57-45(49)56-40/h10-13,29,34-35,52H,14-28,30H2,1-9H3,(H,50,61)(H,51,62)(H,55,64)(H,66,67)(H3,49,53,56,57,65). The van der Waals surface area contributed by atoms with Crippen molar-refractivity contribution in [3.8, 4) is 0 Å². The molecular formula is C48H74N12O11. The molecule has 2 atom stereocenters. The van der Waals surface area contributed by atoms with Gasteiger partial charge in [-0.3, -0.25) is 48.5 Å². The zero-order valence-electron chi connectivity index (χ0n) is 42.6. The molecule has 1 aliphatic heterocycles. The van der Waals surface area contributed by atoms with Gasteiger partial charge >= 0.3 is 17.9 Å². The van der Waals surface area contributed by atoms with Gasteiger partial charge in [-0.05, 0) is 99.4 Å². The number of ether oxygens (including phenoxy) is 3. The molecule has 0 saturated carbocycles. The Balaban J connectivity index is 1.26. The van der Waals surface area contributed by atoms with Crippen LogP contribution in [0.2, 0.25) is 0 Å². The molecular weight excluding hydrogens is 921 g/mol. The summed E-state index contributed by atoms with van der Waals surface area (Å²) in [6, 6.07) is 4.09. The number of H-pyrrole nitrogens is 1. The summed E-state index contributed by atoms with van der Waals surface area (Å²) in [5.41, 5.74) is 4.69. The number of aliphatic carboxylic acids is 1. The highest BCUT2D eigenvalue weighted by Gasteiger charge is 2.33. The molecule has 4 rings (SSSR count). The maximum atomic E-state index is 13.8. The lowest BCUT2D eigenvalue weighted by atomic mass is 10.1. The highest BCUT2D eigenvalue weighted by molar-refractivity contribution is 5.97. The van der Waals surface area contributed by atoms with E-state index in [0.717, 1.165) is 0 Å². The van der Waals surface area contributed by atoms with Crippen LogP contribution in [-0.2, 0) is 44.7 Å². The molecule has 0 aliphatic carbocycles. The van der Waals surface area contributed by atoms with Crippen molar-refractivity contribution in [1.29, 1.82) is 0 Å². The van der Waals surface area contributed by atoms with Gasteiger partial charge in [-0.15, -0.1) is 0 Å². The largest absolute Gasteiger partial charge is 0.480 e. The quantitative estimate of drug-likeness (QED) is 0.0556. The first-order valence-corrected chi connectivity index (χ1v) is 23.9. The van der Waals surface area contributed by atoms with Gasteiger partial charge in [0.05, 0.1) is 37.2 Å². The first kappa shape index (κ1) is 57.3. The number of aromatic nitrogens is 4. The van der Waals surface area contributed by atoms with Crippen LogP contribution in [0.15, 0.2) is 35.3 Å². The molecule has 0 spiro atoms. The summed E-state index contributed by atoms with van der Waals surface area (Å²) in [6.07, 6.45) is 1.17. The Labute approximate surface area is 414 Å². The van der Waals surface area contributed by atoms with Crippen LogP contribution in [0.4, 0.5) is 11.6 Å². The second-order valence-corrected chi connectivity index (χ2v) is 20.3. The number of nitrogens with two attached hydrogens (primary N) is 1. The van der Waals surface area contributed by atoms with E-state index in [1.54, 1.807) is 32.9 Å². The maximum Gasteiger partial charge on any atom is 0.326 e. The van der Waals surface area contributed by atoms with Crippen molar-refractivity contribution in [3.05, 3.63) is 52.1 Å². The van der Waals surface area contributed by atoms with Crippen molar-refractivity contribution in [2.24, 2.45) is 0 Å². The molecule has 1 fully saturated rings. The van der Waals surface area contributed by atoms with Gasteiger partial charge in [-0.25, -0.2) is 14.8 Å². The lowest BCUT2D eigenvalue weighted by Gasteiger charge is -2.34. The number of benzene rings is 1. The molecule has 0 radical (unpaired) electrons. The Hall–Kier alpha value is -6.30. The van der Waals surface area contributed by atoms with Crippen molar-refractivity contribution in [2.75, 3.05) is 83.1 Å². The first-order chi connectivity index (χ1) is 33.2. The minimum Gasteiger partial charge on any atom is -0.480 e. The average Bonchev–Trinajstić information content (AvgIpc) is 3.35. The molecule has 2 unspecified atom stereocenters. The molecule has 8 N–H and O–H groups in total. The van der Waals surface area contributed by atoms with Crippen LogP contribution < -0.4 is 32.6 Å². The lowest BCUT2D eigenvalue weighted by molar-refractivity contribution is -0.162. The Morgan fingerprint density at radius 3 is 1.99 bits per heavy atom. The van der Waals surface area contributed by atoms with E-state index in [4.69, 9.17) is 19.9 Å². The molecule has 1 aliphatic rings. The maximum absolute atomic E-state index is 13.8. The molecule has 23 heteroatoms. The van der Waals surface area contributed by atoms with Crippen molar-refractivity contribution in [1.82, 2.24) is 50.6 Å². The minimum atomic E-state index is -1.36. The summed E-state index contributed by atoms with van der Waals surface area (Å²) < 4.78 is 17.5. The summed E-state index contributed by atoms with van der Waals surface area (Å²) in [7, 11) is 0. The van der Waals surface area contributed by atoms with Crippen molar-refractivity contribution >= 4 is 58.4 Å². The third kappa shape index (κ3) is 21.3. The summed E-state index contributed by atoms with van der Waals surface area (Å²) in [5, 5.41) is 20.8. The summed E-state index contributed by atoms with van der Waals surface area (Å²) in [5.74, 6) is -3.67. The second-order valence-electron chi connectivity index (χ2n) is 20.3. The van der Waals surface area contributed by atoms with E-state index in [9.17, 15) is 38.7 Å². The van der Waals surface area contributed by atoms with E-state index in [2.05, 4.69) is 46.1 Å². The van der Waals surface area contributed by atoms with E-state index in [-0.39, 0.29) is 92.0 Å². The number of hydrogen-bond donors (Lipinski definition) is 7. The van der Waals surface area contributed by atoms with Crippen LogP contribution in [0.1, 0.15) is 104 Å². The van der Waals surface area contributed by atoms with Gasteiger partial charge in [-0.1, -0.05) is 0 Å². The predicted molar refractivity (Wildman–Crippen MR) is 265 cm³/mol. The minimum absolute atomic E-state index is 0.0171. The number of nitrogens with one attached hydrogen (secondary N) is 5. The Morgan fingerprint density at radius 2 is 1.38 bits per heavy atom. The normalized spacial score (nSPS) is 15.3. The number of nitrogens with zero attached hydrogens (tertiary/aromatic N) is 6. The van der Waals surface area contributed by atoms with E-state index in [0.29, 0.717) is 63.8 Å². The SMILES string of the molecule is CC(C)(C)OCCN1CCN(CC(=O)OC(C)(C)C)CCN(C(CCC(=O)NCCNC(=O)CCC(NC(=O)c2ccc(NCc3cnc4nc(N)[nH]c(=O)c4n3)cc2)C(=O)O)C(=O)OC(C)(C)C)CC1. The van der Waals surface area contributed by atoms with E-state index < -0.39 is 52.6 Å². The van der Waals surface area contributed by atoms with Gasteiger partial charge in [0.2, 0.25) is 17.8 Å². The highest BCUT2D eigenvalue weighted by atomic mass is 16.6. The van der Waals surface area contributed by atoms with Crippen LogP contribution in [0, 0.1) is 0 Å². The summed E-state index contributed by atoms with van der Waals surface area (Å²) in [4.78, 5) is 111. The molecule has 1 aromatic carbocycles. The third-order valence-corrected chi connectivity index (χ3v) is 10.8. The molecule has 3 heterocycles. The van der Waals surface area contributed by atoms with Gasteiger partial charge < -0.3 is 46.3 Å². The number of amides is 3.